The molecule has 9 nitrogen and oxygen atoms in total. The summed E-state index contributed by atoms with van der Waals surface area (Å²) in [6.07, 6.45) is 2.86. The molecule has 0 saturated heterocycles. The van der Waals surface area contributed by atoms with Crippen molar-refractivity contribution >= 4 is 44.0 Å². The Labute approximate surface area is 229 Å². The van der Waals surface area contributed by atoms with Crippen molar-refractivity contribution in [1.82, 2.24) is 20.3 Å². The van der Waals surface area contributed by atoms with Crippen molar-refractivity contribution in [3.05, 3.63) is 89.0 Å². The number of imidazole rings is 1. The van der Waals surface area contributed by atoms with Crippen LogP contribution in [0.25, 0.3) is 22.6 Å². The molecule has 0 amide bonds. The molecule has 0 fully saturated rings. The molecule has 5 aromatic rings. The number of anilines is 2. The summed E-state index contributed by atoms with van der Waals surface area (Å²) in [5.74, 6) is 2.46. The first kappa shape index (κ1) is 26.7. The minimum atomic E-state index is -3.02. The van der Waals surface area contributed by atoms with Gasteiger partial charge in [-0.1, -0.05) is 23.7 Å². The highest BCUT2D eigenvalue weighted by Gasteiger charge is 2.14. The zero-order chi connectivity index (χ0) is 27.4. The van der Waals surface area contributed by atoms with Crippen LogP contribution in [0.4, 0.5) is 15.9 Å². The van der Waals surface area contributed by atoms with Crippen molar-refractivity contribution in [3.63, 3.8) is 0 Å². The number of hydrogen-bond donors (Lipinski definition) is 3. The van der Waals surface area contributed by atoms with Gasteiger partial charge in [0.25, 0.3) is 0 Å². The molecular weight excluding hydrogens is 545 g/mol. The molecule has 202 valence electrons. The Morgan fingerprint density at radius 2 is 2.00 bits per heavy atom. The van der Waals surface area contributed by atoms with Crippen LogP contribution in [0.1, 0.15) is 11.3 Å². The van der Waals surface area contributed by atoms with Crippen LogP contribution in [-0.2, 0) is 23.0 Å². The van der Waals surface area contributed by atoms with Gasteiger partial charge in [0.05, 0.1) is 22.8 Å². The van der Waals surface area contributed by atoms with Gasteiger partial charge in [0, 0.05) is 24.7 Å². The van der Waals surface area contributed by atoms with E-state index in [1.807, 2.05) is 12.1 Å². The first-order valence-electron chi connectivity index (χ1n) is 12.0. The van der Waals surface area contributed by atoms with Crippen LogP contribution in [-0.4, -0.2) is 41.9 Å². The fourth-order valence-corrected chi connectivity index (χ4v) is 4.58. The Kier molecular flexibility index (Phi) is 7.82. The van der Waals surface area contributed by atoms with E-state index < -0.39 is 9.84 Å². The molecule has 0 atom stereocenters. The van der Waals surface area contributed by atoms with Crippen LogP contribution in [0.15, 0.2) is 71.3 Å². The van der Waals surface area contributed by atoms with Gasteiger partial charge in [0.2, 0.25) is 0 Å². The predicted molar refractivity (Wildman–Crippen MR) is 148 cm³/mol. The van der Waals surface area contributed by atoms with E-state index in [-0.39, 0.29) is 18.2 Å². The highest BCUT2D eigenvalue weighted by atomic mass is 35.5. The number of nitrogens with one attached hydrogen (secondary N) is 3. The van der Waals surface area contributed by atoms with Crippen molar-refractivity contribution in [2.45, 2.75) is 13.2 Å². The Morgan fingerprint density at radius 3 is 2.79 bits per heavy atom. The maximum absolute atomic E-state index is 13.4. The lowest BCUT2D eigenvalue weighted by molar-refractivity contribution is 0.306. The third kappa shape index (κ3) is 6.94. The van der Waals surface area contributed by atoms with Gasteiger partial charge in [-0.2, -0.15) is 0 Å². The average Bonchev–Trinajstić information content (AvgIpc) is 3.53. The summed E-state index contributed by atoms with van der Waals surface area (Å²) in [4.78, 5) is 12.3. The zero-order valence-corrected chi connectivity index (χ0v) is 22.4. The Bertz CT molecular complexity index is 1720. The second kappa shape index (κ2) is 11.4. The molecular formula is C27H25ClFN5O4S. The first-order valence-corrected chi connectivity index (χ1v) is 14.4. The summed E-state index contributed by atoms with van der Waals surface area (Å²) >= 11 is 6.44. The molecule has 0 aliphatic rings. The maximum atomic E-state index is 13.4. The highest BCUT2D eigenvalue weighted by molar-refractivity contribution is 7.90. The second-order valence-corrected chi connectivity index (χ2v) is 11.6. The van der Waals surface area contributed by atoms with Gasteiger partial charge in [-0.15, -0.1) is 0 Å². The van der Waals surface area contributed by atoms with Gasteiger partial charge in [-0.05, 0) is 54.1 Å². The Balaban J connectivity index is 1.26. The lowest BCUT2D eigenvalue weighted by Crippen LogP contribution is -2.21. The van der Waals surface area contributed by atoms with Gasteiger partial charge < -0.3 is 24.8 Å². The van der Waals surface area contributed by atoms with E-state index in [9.17, 15) is 12.8 Å². The number of H-pyrrole nitrogens is 1. The molecule has 0 saturated carbocycles. The summed E-state index contributed by atoms with van der Waals surface area (Å²) in [6.45, 7) is 0.920. The van der Waals surface area contributed by atoms with Crippen LogP contribution in [0.3, 0.4) is 0 Å². The number of benzene rings is 2. The van der Waals surface area contributed by atoms with Crippen molar-refractivity contribution < 1.29 is 22.0 Å². The maximum Gasteiger partial charge on any atom is 0.174 e. The molecule has 12 heteroatoms. The monoisotopic (exact) mass is 569 g/mol. The van der Waals surface area contributed by atoms with E-state index in [1.54, 1.807) is 42.6 Å². The van der Waals surface area contributed by atoms with Crippen LogP contribution >= 0.6 is 11.6 Å². The normalized spacial score (nSPS) is 11.7. The standard InChI is InChI=1S/C27H25ClFN5O4S/c1-39(35,36)12-11-30-15-20-6-8-24(38-20)26-33-22-9-10-31-27(25(22)34-26)32-19-5-7-23(21(28)14-19)37-16-17-3-2-4-18(29)13-17/h2-10,13-14,30H,11-12,15-16H2,1H3,(H,31,32)(H,33,34). The number of ether oxygens (including phenoxy) is 1. The Morgan fingerprint density at radius 1 is 1.13 bits per heavy atom. The summed E-state index contributed by atoms with van der Waals surface area (Å²) in [7, 11) is -3.02. The molecule has 5 rings (SSSR count). The first-order chi connectivity index (χ1) is 18.7. The average molecular weight is 570 g/mol. The number of fused-ring (bicyclic) bond motifs is 1. The summed E-state index contributed by atoms with van der Waals surface area (Å²) in [6, 6.07) is 16.9. The third-order valence-corrected chi connectivity index (χ3v) is 6.96. The number of rotatable bonds is 11. The summed E-state index contributed by atoms with van der Waals surface area (Å²) in [5, 5.41) is 6.68. The minimum Gasteiger partial charge on any atom is -0.487 e. The van der Waals surface area contributed by atoms with E-state index in [0.29, 0.717) is 63.8 Å². The molecule has 0 radical (unpaired) electrons. The van der Waals surface area contributed by atoms with Crippen LogP contribution in [0.2, 0.25) is 5.02 Å². The Hall–Kier alpha value is -3.93. The lowest BCUT2D eigenvalue weighted by Gasteiger charge is -2.11. The number of aromatic amines is 1. The number of hydrogen-bond acceptors (Lipinski definition) is 8. The van der Waals surface area contributed by atoms with E-state index >= 15 is 0 Å². The van der Waals surface area contributed by atoms with Crippen molar-refractivity contribution in [2.24, 2.45) is 0 Å². The molecule has 0 bridgehead atoms. The van der Waals surface area contributed by atoms with Crippen LogP contribution in [0.5, 0.6) is 5.75 Å². The van der Waals surface area contributed by atoms with E-state index in [0.717, 1.165) is 5.52 Å². The van der Waals surface area contributed by atoms with Crippen molar-refractivity contribution in [3.8, 4) is 17.3 Å². The van der Waals surface area contributed by atoms with Crippen LogP contribution < -0.4 is 15.4 Å². The quantitative estimate of drug-likeness (QED) is 0.179. The zero-order valence-electron chi connectivity index (χ0n) is 20.9. The van der Waals surface area contributed by atoms with E-state index in [1.165, 1.54) is 18.4 Å². The lowest BCUT2D eigenvalue weighted by atomic mass is 10.2. The smallest absolute Gasteiger partial charge is 0.174 e. The second-order valence-electron chi connectivity index (χ2n) is 8.90. The third-order valence-electron chi connectivity index (χ3n) is 5.72. The molecule has 0 spiro atoms. The number of aromatic nitrogens is 3. The summed E-state index contributed by atoms with van der Waals surface area (Å²) < 4.78 is 47.6. The van der Waals surface area contributed by atoms with Crippen molar-refractivity contribution in [2.75, 3.05) is 23.9 Å². The molecule has 0 aliphatic heterocycles. The van der Waals surface area contributed by atoms with Gasteiger partial charge in [0.1, 0.15) is 39.3 Å². The fourth-order valence-electron chi connectivity index (χ4n) is 3.83. The summed E-state index contributed by atoms with van der Waals surface area (Å²) in [5.41, 5.74) is 2.75. The number of sulfone groups is 1. The van der Waals surface area contributed by atoms with Crippen molar-refractivity contribution in [1.29, 1.82) is 0 Å². The molecule has 3 heterocycles. The number of nitrogens with zero attached hydrogens (tertiary/aromatic N) is 2. The highest BCUT2D eigenvalue weighted by Crippen LogP contribution is 2.32. The SMILES string of the molecule is CS(=O)(=O)CCNCc1ccc(-c2nc3c(Nc4ccc(OCc5cccc(F)c5)c(Cl)c4)nccc3[nH]2)o1. The minimum absolute atomic E-state index is 0.0583. The molecule has 39 heavy (non-hydrogen) atoms. The predicted octanol–water partition coefficient (Wildman–Crippen LogP) is 5.47. The van der Waals surface area contributed by atoms with Gasteiger partial charge in [-0.3, -0.25) is 0 Å². The molecule has 0 aliphatic carbocycles. The van der Waals surface area contributed by atoms with E-state index in [4.69, 9.17) is 20.8 Å². The molecule has 2 aromatic carbocycles. The largest absolute Gasteiger partial charge is 0.487 e. The molecule has 3 aromatic heterocycles. The fraction of sp³-hybridized carbons (Fsp3) is 0.185. The van der Waals surface area contributed by atoms with Crippen LogP contribution in [0, 0.1) is 5.82 Å². The number of pyridine rings is 1. The van der Waals surface area contributed by atoms with Gasteiger partial charge >= 0.3 is 0 Å². The van der Waals surface area contributed by atoms with Gasteiger partial charge in [0.15, 0.2) is 17.4 Å². The topological polar surface area (TPSA) is 122 Å². The number of halogens is 2. The molecule has 0 unspecified atom stereocenters. The number of furan rings is 1. The molecule has 3 N–H and O–H groups in total. The van der Waals surface area contributed by atoms with E-state index in [2.05, 4.69) is 25.6 Å². The van der Waals surface area contributed by atoms with Gasteiger partial charge in [-0.25, -0.2) is 22.8 Å².